The van der Waals surface area contributed by atoms with Gasteiger partial charge in [0, 0.05) is 12.2 Å². The Balaban J connectivity index is 3.01. The van der Waals surface area contributed by atoms with Crippen LogP contribution in [-0.4, -0.2) is 12.8 Å². The molecule has 1 aromatic rings. The van der Waals surface area contributed by atoms with Crippen LogP contribution in [0.15, 0.2) is 24.3 Å². The zero-order chi connectivity index (χ0) is 10.8. The fourth-order valence-electron chi connectivity index (χ4n) is 1.15. The molecule has 78 valence electrons. The molecule has 0 aliphatic rings. The lowest BCUT2D eigenvalue weighted by molar-refractivity contribution is -0.128. The fraction of sp³-hybridized carbons (Fsp3) is 0.333. The zero-order valence-electron chi connectivity index (χ0n) is 7.48. The molecule has 1 nitrogen and oxygen atoms in total. The molecule has 0 atom stereocenters. The number of nitrogens with zero attached hydrogens (tertiary/aromatic N) is 1. The van der Waals surface area contributed by atoms with Gasteiger partial charge in [-0.3, -0.25) is 4.90 Å². The summed E-state index contributed by atoms with van der Waals surface area (Å²) >= 11 is 0. The largest absolute Gasteiger partial charge is 0.484 e. The molecule has 14 heavy (non-hydrogen) atoms. The molecule has 0 radical (unpaired) electrons. The Hall–Kier alpha value is -1.26. The topological polar surface area (TPSA) is 3.24 Å². The van der Waals surface area contributed by atoms with E-state index in [0.29, 0.717) is 0 Å². The van der Waals surface area contributed by atoms with Crippen molar-refractivity contribution >= 4 is 5.69 Å². The molecule has 0 amide bonds. The van der Waals surface area contributed by atoms with Gasteiger partial charge in [-0.25, -0.2) is 4.39 Å². The minimum atomic E-state index is -4.47. The summed E-state index contributed by atoms with van der Waals surface area (Å²) in [6.45, 7) is 1.12. The second-order valence-electron chi connectivity index (χ2n) is 2.69. The number of hydrogen-bond acceptors (Lipinski definition) is 1. The highest BCUT2D eigenvalue weighted by Crippen LogP contribution is 2.28. The zero-order valence-corrected chi connectivity index (χ0v) is 7.48. The number of anilines is 1. The Kier molecular flexibility index (Phi) is 2.98. The van der Waals surface area contributed by atoms with E-state index in [2.05, 4.69) is 0 Å². The molecular formula is C9H9F4N. The normalized spacial score (nSPS) is 11.5. The fourth-order valence-corrected chi connectivity index (χ4v) is 1.15. The van der Waals surface area contributed by atoms with Crippen LogP contribution in [0.25, 0.3) is 0 Å². The monoisotopic (exact) mass is 207 g/mol. The Bertz CT molecular complexity index is 308. The van der Waals surface area contributed by atoms with Crippen LogP contribution in [0.3, 0.4) is 0 Å². The Morgan fingerprint density at radius 3 is 2.36 bits per heavy atom. The van der Waals surface area contributed by atoms with Gasteiger partial charge >= 0.3 is 6.30 Å². The predicted octanol–water partition coefficient (Wildman–Crippen LogP) is 3.17. The van der Waals surface area contributed by atoms with Gasteiger partial charge in [-0.15, -0.1) is 0 Å². The van der Waals surface area contributed by atoms with E-state index in [-0.39, 0.29) is 17.1 Å². The van der Waals surface area contributed by atoms with Crippen LogP contribution in [0.1, 0.15) is 6.92 Å². The van der Waals surface area contributed by atoms with Crippen molar-refractivity contribution in [3.63, 3.8) is 0 Å². The number of alkyl halides is 3. The molecule has 0 unspecified atom stereocenters. The van der Waals surface area contributed by atoms with Crippen molar-refractivity contribution in [1.82, 2.24) is 0 Å². The molecule has 1 rings (SSSR count). The van der Waals surface area contributed by atoms with E-state index in [9.17, 15) is 17.6 Å². The quantitative estimate of drug-likeness (QED) is 0.531. The average molecular weight is 207 g/mol. The highest BCUT2D eigenvalue weighted by Gasteiger charge is 2.36. The van der Waals surface area contributed by atoms with Gasteiger partial charge in [-0.1, -0.05) is 6.07 Å². The first kappa shape index (κ1) is 10.8. The van der Waals surface area contributed by atoms with Crippen molar-refractivity contribution in [2.24, 2.45) is 0 Å². The van der Waals surface area contributed by atoms with Crippen LogP contribution < -0.4 is 4.90 Å². The van der Waals surface area contributed by atoms with E-state index in [1.54, 1.807) is 0 Å². The first-order valence-corrected chi connectivity index (χ1v) is 4.05. The maximum atomic E-state index is 12.7. The smallest absolute Gasteiger partial charge is 0.284 e. The van der Waals surface area contributed by atoms with E-state index in [4.69, 9.17) is 0 Å². The summed E-state index contributed by atoms with van der Waals surface area (Å²) in [5.74, 6) is -0.676. The Morgan fingerprint density at radius 2 is 1.93 bits per heavy atom. The van der Waals surface area contributed by atoms with Crippen LogP contribution in [0, 0.1) is 5.82 Å². The summed E-state index contributed by atoms with van der Waals surface area (Å²) in [5.41, 5.74) is -0.181. The maximum absolute atomic E-state index is 12.7. The second-order valence-corrected chi connectivity index (χ2v) is 2.69. The van der Waals surface area contributed by atoms with E-state index in [0.717, 1.165) is 12.1 Å². The van der Waals surface area contributed by atoms with Crippen molar-refractivity contribution in [2.75, 3.05) is 11.4 Å². The third-order valence-electron chi connectivity index (χ3n) is 1.74. The standard InChI is InChI=1S/C9H9F4N/c1-2-14(9(11,12)13)8-5-3-4-7(10)6-8/h3-6H,2H2,1H3. The van der Waals surface area contributed by atoms with E-state index in [1.807, 2.05) is 0 Å². The van der Waals surface area contributed by atoms with Gasteiger partial charge in [0.05, 0.1) is 0 Å². The van der Waals surface area contributed by atoms with E-state index >= 15 is 0 Å². The lowest BCUT2D eigenvalue weighted by atomic mass is 10.3. The third kappa shape index (κ3) is 2.37. The summed E-state index contributed by atoms with van der Waals surface area (Å²) in [4.78, 5) is 0.177. The van der Waals surface area contributed by atoms with Crippen LogP contribution in [-0.2, 0) is 0 Å². The first-order valence-electron chi connectivity index (χ1n) is 4.05. The minimum Gasteiger partial charge on any atom is -0.284 e. The molecule has 0 saturated heterocycles. The number of hydrogen-bond donors (Lipinski definition) is 0. The summed E-state index contributed by atoms with van der Waals surface area (Å²) < 4.78 is 49.7. The highest BCUT2D eigenvalue weighted by atomic mass is 19.4. The third-order valence-corrected chi connectivity index (χ3v) is 1.74. The molecule has 0 heterocycles. The molecule has 0 fully saturated rings. The summed E-state index contributed by atoms with van der Waals surface area (Å²) in [5, 5.41) is 0. The predicted molar refractivity (Wildman–Crippen MR) is 45.5 cm³/mol. The Morgan fingerprint density at radius 1 is 1.29 bits per heavy atom. The summed E-state index contributed by atoms with van der Waals surface area (Å²) in [6.07, 6.45) is -4.47. The number of halogens is 4. The van der Waals surface area contributed by atoms with Gasteiger partial charge in [0.1, 0.15) is 5.82 Å². The molecular weight excluding hydrogens is 198 g/mol. The molecule has 1 aromatic carbocycles. The summed E-state index contributed by atoms with van der Waals surface area (Å²) in [7, 11) is 0. The lowest BCUT2D eigenvalue weighted by Gasteiger charge is -2.25. The minimum absolute atomic E-state index is 0.177. The van der Waals surface area contributed by atoms with Crippen molar-refractivity contribution in [2.45, 2.75) is 13.2 Å². The van der Waals surface area contributed by atoms with Crippen LogP contribution in [0.4, 0.5) is 23.2 Å². The summed E-state index contributed by atoms with van der Waals surface area (Å²) in [6, 6.07) is 4.43. The van der Waals surface area contributed by atoms with Gasteiger partial charge in [0.25, 0.3) is 0 Å². The Labute approximate surface area is 78.9 Å². The van der Waals surface area contributed by atoms with Crippen LogP contribution in [0.5, 0.6) is 0 Å². The van der Waals surface area contributed by atoms with Gasteiger partial charge in [-0.2, -0.15) is 13.2 Å². The second kappa shape index (κ2) is 3.86. The highest BCUT2D eigenvalue weighted by molar-refractivity contribution is 5.47. The number of rotatable bonds is 2. The molecule has 0 spiro atoms. The first-order chi connectivity index (χ1) is 6.45. The molecule has 0 N–H and O–H groups in total. The van der Waals surface area contributed by atoms with Gasteiger partial charge in [0.15, 0.2) is 0 Å². The van der Waals surface area contributed by atoms with Crippen molar-refractivity contribution in [1.29, 1.82) is 0 Å². The maximum Gasteiger partial charge on any atom is 0.484 e. The average Bonchev–Trinajstić information content (AvgIpc) is 2.02. The molecule has 0 aliphatic carbocycles. The molecule has 0 bridgehead atoms. The lowest BCUT2D eigenvalue weighted by Crippen LogP contribution is -2.37. The van der Waals surface area contributed by atoms with E-state index < -0.39 is 12.1 Å². The van der Waals surface area contributed by atoms with Crippen molar-refractivity contribution in [3.05, 3.63) is 30.1 Å². The van der Waals surface area contributed by atoms with E-state index in [1.165, 1.54) is 19.1 Å². The number of benzene rings is 1. The van der Waals surface area contributed by atoms with Crippen LogP contribution in [0.2, 0.25) is 0 Å². The van der Waals surface area contributed by atoms with Gasteiger partial charge < -0.3 is 0 Å². The molecule has 0 aliphatic heterocycles. The van der Waals surface area contributed by atoms with Gasteiger partial charge in [-0.05, 0) is 25.1 Å². The molecule has 5 heteroatoms. The molecule has 0 aromatic heterocycles. The SMILES string of the molecule is CCN(c1cccc(F)c1)C(F)(F)F. The van der Waals surface area contributed by atoms with Crippen molar-refractivity contribution < 1.29 is 17.6 Å². The van der Waals surface area contributed by atoms with Crippen molar-refractivity contribution in [3.8, 4) is 0 Å². The molecule has 0 saturated carbocycles. The van der Waals surface area contributed by atoms with Gasteiger partial charge in [0.2, 0.25) is 0 Å². The van der Waals surface area contributed by atoms with Crippen LogP contribution >= 0.6 is 0 Å².